The number of hydrogen-bond donors (Lipinski definition) is 2. The van der Waals surface area contributed by atoms with E-state index in [0.717, 1.165) is 11.1 Å². The SMILES string of the molecule is CC(C)(C)OC(=O)N[C@H]1[C@@H]2CN(C(=O)OCC3c4ccccc4-c4ccccc43)[C@@H](CO)[C@@H]21. The molecule has 4 atom stereocenters. The molecule has 0 spiro atoms. The third kappa shape index (κ3) is 3.95. The molecule has 0 aromatic heterocycles. The van der Waals surface area contributed by atoms with Gasteiger partial charge in [-0.3, -0.25) is 0 Å². The molecule has 2 aromatic carbocycles. The van der Waals surface area contributed by atoms with E-state index in [9.17, 15) is 14.7 Å². The average Bonchev–Trinajstić information content (AvgIpc) is 3.15. The van der Waals surface area contributed by atoms with Crippen LogP contribution in [0.3, 0.4) is 0 Å². The van der Waals surface area contributed by atoms with Crippen molar-refractivity contribution < 1.29 is 24.2 Å². The van der Waals surface area contributed by atoms with Crippen molar-refractivity contribution >= 4 is 12.2 Å². The van der Waals surface area contributed by atoms with Crippen LogP contribution in [0.5, 0.6) is 0 Å². The monoisotopic (exact) mass is 450 g/mol. The van der Waals surface area contributed by atoms with E-state index in [4.69, 9.17) is 9.47 Å². The molecule has 2 fully saturated rings. The number of aliphatic hydroxyl groups is 1. The number of nitrogens with one attached hydrogen (secondary N) is 1. The molecule has 1 saturated carbocycles. The number of rotatable bonds is 4. The maximum absolute atomic E-state index is 13.0. The van der Waals surface area contributed by atoms with Gasteiger partial charge in [-0.2, -0.15) is 0 Å². The van der Waals surface area contributed by atoms with Crippen molar-refractivity contribution in [3.05, 3.63) is 59.7 Å². The molecular weight excluding hydrogens is 420 g/mol. The quantitative estimate of drug-likeness (QED) is 0.741. The van der Waals surface area contributed by atoms with Crippen LogP contribution >= 0.6 is 0 Å². The minimum atomic E-state index is -0.572. The van der Waals surface area contributed by atoms with Gasteiger partial charge in [-0.15, -0.1) is 0 Å². The van der Waals surface area contributed by atoms with Crippen molar-refractivity contribution in [3.63, 3.8) is 0 Å². The summed E-state index contributed by atoms with van der Waals surface area (Å²) in [5, 5.41) is 12.9. The number of carbonyl (C=O) groups excluding carboxylic acids is 2. The molecular formula is C26H30N2O5. The fraction of sp³-hybridized carbons (Fsp3) is 0.462. The third-order valence-corrected chi connectivity index (χ3v) is 6.92. The highest BCUT2D eigenvalue weighted by Gasteiger charge is 2.63. The lowest BCUT2D eigenvalue weighted by atomic mass is 9.98. The number of amides is 2. The molecule has 174 valence electrons. The van der Waals surface area contributed by atoms with E-state index in [2.05, 4.69) is 29.6 Å². The van der Waals surface area contributed by atoms with Crippen molar-refractivity contribution in [3.8, 4) is 11.1 Å². The minimum absolute atomic E-state index is 0.00681. The third-order valence-electron chi connectivity index (χ3n) is 6.92. The van der Waals surface area contributed by atoms with E-state index in [1.165, 1.54) is 11.1 Å². The topological polar surface area (TPSA) is 88.1 Å². The van der Waals surface area contributed by atoms with Crippen LogP contribution < -0.4 is 5.32 Å². The number of likely N-dealkylation sites (tertiary alicyclic amines) is 1. The summed E-state index contributed by atoms with van der Waals surface area (Å²) in [5.41, 5.74) is 4.12. The summed E-state index contributed by atoms with van der Waals surface area (Å²) in [6.07, 6.45) is -0.884. The number of piperidine rings is 1. The lowest BCUT2D eigenvalue weighted by Crippen LogP contribution is -2.46. The van der Waals surface area contributed by atoms with Crippen molar-refractivity contribution in [1.82, 2.24) is 10.2 Å². The van der Waals surface area contributed by atoms with Gasteiger partial charge in [0, 0.05) is 30.3 Å². The first-order valence-corrected chi connectivity index (χ1v) is 11.5. The first kappa shape index (κ1) is 21.8. The Labute approximate surface area is 193 Å². The highest BCUT2D eigenvalue weighted by molar-refractivity contribution is 5.79. The van der Waals surface area contributed by atoms with Crippen LogP contribution in [0.15, 0.2) is 48.5 Å². The molecule has 2 N–H and O–H groups in total. The van der Waals surface area contributed by atoms with Gasteiger partial charge < -0.3 is 24.8 Å². The number of ether oxygens (including phenoxy) is 2. The maximum atomic E-state index is 13.0. The smallest absolute Gasteiger partial charge is 0.410 e. The summed E-state index contributed by atoms with van der Waals surface area (Å²) < 4.78 is 11.1. The lowest BCUT2D eigenvalue weighted by Gasteiger charge is -2.28. The molecule has 33 heavy (non-hydrogen) atoms. The Hall–Kier alpha value is -3.06. The average molecular weight is 451 g/mol. The first-order valence-electron chi connectivity index (χ1n) is 11.5. The van der Waals surface area contributed by atoms with E-state index in [0.29, 0.717) is 6.54 Å². The number of aliphatic hydroxyl groups excluding tert-OH is 1. The summed E-state index contributed by atoms with van der Waals surface area (Å²) in [6, 6.07) is 16.0. The summed E-state index contributed by atoms with van der Waals surface area (Å²) >= 11 is 0. The second kappa shape index (κ2) is 8.06. The summed E-state index contributed by atoms with van der Waals surface area (Å²) in [4.78, 5) is 26.7. The Kier molecular flexibility index (Phi) is 5.32. The number of nitrogens with zero attached hydrogens (tertiary/aromatic N) is 1. The molecule has 7 heteroatoms. The zero-order chi connectivity index (χ0) is 23.3. The Morgan fingerprint density at radius 2 is 1.67 bits per heavy atom. The van der Waals surface area contributed by atoms with Crippen LogP contribution in [-0.2, 0) is 9.47 Å². The molecule has 0 bridgehead atoms. The zero-order valence-electron chi connectivity index (χ0n) is 19.2. The van der Waals surface area contributed by atoms with Gasteiger partial charge >= 0.3 is 12.2 Å². The van der Waals surface area contributed by atoms with E-state index >= 15 is 0 Å². The van der Waals surface area contributed by atoms with Crippen molar-refractivity contribution in [2.24, 2.45) is 11.8 Å². The number of alkyl carbamates (subject to hydrolysis) is 1. The standard InChI is InChI=1S/C26H30N2O5/c1-26(2,3)33-24(30)27-23-19-12-28(21(13-29)22(19)23)25(31)32-14-20-17-10-6-4-8-15(17)16-9-5-7-11-18(16)20/h4-11,19-23,29H,12-14H2,1-3H3,(H,27,30)/t19-,21+,22-,23+/m1/s1. The molecule has 2 aliphatic carbocycles. The fourth-order valence-electron chi connectivity index (χ4n) is 5.48. The van der Waals surface area contributed by atoms with Crippen LogP contribution in [0.1, 0.15) is 37.8 Å². The number of hydrogen-bond acceptors (Lipinski definition) is 5. The molecule has 1 aliphatic heterocycles. The summed E-state index contributed by atoms with van der Waals surface area (Å²) in [5.74, 6) is 0.116. The molecule has 0 unspecified atom stereocenters. The van der Waals surface area contributed by atoms with Crippen molar-refractivity contribution in [2.45, 2.75) is 44.4 Å². The molecule has 1 heterocycles. The predicted octanol–water partition coefficient (Wildman–Crippen LogP) is 3.75. The van der Waals surface area contributed by atoms with Gasteiger partial charge in [-0.25, -0.2) is 9.59 Å². The van der Waals surface area contributed by atoms with Gasteiger partial charge in [-0.05, 0) is 43.0 Å². The minimum Gasteiger partial charge on any atom is -0.448 e. The molecule has 3 aliphatic rings. The van der Waals surface area contributed by atoms with E-state index < -0.39 is 17.8 Å². The highest BCUT2D eigenvalue weighted by Crippen LogP contribution is 2.50. The molecule has 0 radical (unpaired) electrons. The Bertz CT molecular complexity index is 1030. The first-order chi connectivity index (χ1) is 15.8. The Morgan fingerprint density at radius 3 is 2.24 bits per heavy atom. The van der Waals surface area contributed by atoms with Crippen LogP contribution in [0.25, 0.3) is 11.1 Å². The van der Waals surface area contributed by atoms with Crippen LogP contribution in [0.2, 0.25) is 0 Å². The molecule has 7 nitrogen and oxygen atoms in total. The summed E-state index contributed by atoms with van der Waals surface area (Å²) in [7, 11) is 0. The Morgan fingerprint density at radius 1 is 1.06 bits per heavy atom. The number of benzene rings is 2. The Balaban J connectivity index is 1.21. The van der Waals surface area contributed by atoms with Gasteiger partial charge in [0.2, 0.25) is 0 Å². The van der Waals surface area contributed by atoms with Crippen molar-refractivity contribution in [1.29, 1.82) is 0 Å². The second-order valence-electron chi connectivity index (χ2n) is 10.1. The second-order valence-corrected chi connectivity index (χ2v) is 10.1. The van der Waals surface area contributed by atoms with Crippen LogP contribution in [0.4, 0.5) is 9.59 Å². The lowest BCUT2D eigenvalue weighted by molar-refractivity contribution is 0.0493. The van der Waals surface area contributed by atoms with E-state index in [1.807, 2.05) is 45.0 Å². The predicted molar refractivity (Wildman–Crippen MR) is 123 cm³/mol. The largest absolute Gasteiger partial charge is 0.448 e. The molecule has 2 aromatic rings. The zero-order valence-corrected chi connectivity index (χ0v) is 19.2. The van der Waals surface area contributed by atoms with Crippen LogP contribution in [0, 0.1) is 11.8 Å². The van der Waals surface area contributed by atoms with Crippen LogP contribution in [-0.4, -0.2) is 59.6 Å². The fourth-order valence-corrected chi connectivity index (χ4v) is 5.48. The van der Waals surface area contributed by atoms with Gasteiger partial charge in [-0.1, -0.05) is 48.5 Å². The maximum Gasteiger partial charge on any atom is 0.410 e. The highest BCUT2D eigenvalue weighted by atomic mass is 16.6. The number of fused-ring (bicyclic) bond motifs is 4. The van der Waals surface area contributed by atoms with E-state index in [-0.39, 0.29) is 43.1 Å². The van der Waals surface area contributed by atoms with Crippen molar-refractivity contribution in [2.75, 3.05) is 19.8 Å². The van der Waals surface area contributed by atoms with Gasteiger partial charge in [0.25, 0.3) is 0 Å². The normalized spacial score (nSPS) is 25.2. The molecule has 5 rings (SSSR count). The number of carbonyl (C=O) groups is 2. The van der Waals surface area contributed by atoms with Gasteiger partial charge in [0.15, 0.2) is 0 Å². The van der Waals surface area contributed by atoms with Gasteiger partial charge in [0.1, 0.15) is 12.2 Å². The summed E-state index contributed by atoms with van der Waals surface area (Å²) in [6.45, 7) is 5.97. The molecule has 1 saturated heterocycles. The van der Waals surface area contributed by atoms with Gasteiger partial charge in [0.05, 0.1) is 12.6 Å². The molecule has 2 amide bonds. The van der Waals surface area contributed by atoms with E-state index in [1.54, 1.807) is 4.90 Å².